The number of hydrogen-bond acceptors (Lipinski definition) is 0. The average molecular weight is 131 g/mol. The Kier molecular flexibility index (Phi) is 1.26. The van der Waals surface area contributed by atoms with E-state index in [1.807, 2.05) is 0 Å². The Balaban J connectivity index is 2.20. The molecule has 1 radical (unpaired) electrons. The molecular formula is C10H11. The monoisotopic (exact) mass is 131 g/mol. The van der Waals surface area contributed by atoms with Crippen LogP contribution in [0.1, 0.15) is 17.9 Å². The summed E-state index contributed by atoms with van der Waals surface area (Å²) in [7, 11) is 0. The zero-order valence-corrected chi connectivity index (χ0v) is 5.96. The topological polar surface area (TPSA) is 0 Å². The minimum atomic E-state index is 0.683. The quantitative estimate of drug-likeness (QED) is 0.549. The van der Waals surface area contributed by atoms with E-state index in [0.29, 0.717) is 5.92 Å². The maximum atomic E-state index is 4.01. The van der Waals surface area contributed by atoms with Crippen LogP contribution in [0.5, 0.6) is 0 Å². The number of benzene rings is 1. The van der Waals surface area contributed by atoms with Crippen LogP contribution in [0.2, 0.25) is 0 Å². The zero-order valence-electron chi connectivity index (χ0n) is 5.96. The molecule has 2 rings (SSSR count). The van der Waals surface area contributed by atoms with Crippen molar-refractivity contribution >= 4 is 0 Å². The predicted octanol–water partition coefficient (Wildman–Crippen LogP) is 2.62. The summed E-state index contributed by atoms with van der Waals surface area (Å²) in [5, 5.41) is 0. The van der Waals surface area contributed by atoms with Gasteiger partial charge in [0.25, 0.3) is 0 Å². The Morgan fingerprint density at radius 2 is 1.80 bits per heavy atom. The van der Waals surface area contributed by atoms with Gasteiger partial charge in [-0.25, -0.2) is 0 Å². The zero-order chi connectivity index (χ0) is 6.97. The second-order valence-electron chi connectivity index (χ2n) is 3.01. The van der Waals surface area contributed by atoms with Gasteiger partial charge in [0.2, 0.25) is 0 Å². The van der Waals surface area contributed by atoms with E-state index in [9.17, 15) is 0 Å². The van der Waals surface area contributed by atoms with Gasteiger partial charge in [-0.2, -0.15) is 0 Å². The van der Waals surface area contributed by atoms with Gasteiger partial charge in [0.05, 0.1) is 0 Å². The van der Waals surface area contributed by atoms with Gasteiger partial charge < -0.3 is 0 Å². The van der Waals surface area contributed by atoms with E-state index in [1.165, 1.54) is 12.0 Å². The first kappa shape index (κ1) is 5.96. The number of hydrogen-bond donors (Lipinski definition) is 0. The molecule has 0 nitrogen and oxygen atoms in total. The van der Waals surface area contributed by atoms with E-state index >= 15 is 0 Å². The molecule has 1 aromatic carbocycles. The van der Waals surface area contributed by atoms with Crippen molar-refractivity contribution in [3.8, 4) is 0 Å². The fraction of sp³-hybridized carbons (Fsp3) is 0.300. The molecule has 0 aromatic heterocycles. The molecule has 2 atom stereocenters. The summed E-state index contributed by atoms with van der Waals surface area (Å²) in [4.78, 5) is 0. The van der Waals surface area contributed by atoms with Gasteiger partial charge in [0.15, 0.2) is 0 Å². The minimum absolute atomic E-state index is 0.683. The molecule has 10 heavy (non-hydrogen) atoms. The summed E-state index contributed by atoms with van der Waals surface area (Å²) in [6, 6.07) is 10.6. The van der Waals surface area contributed by atoms with Gasteiger partial charge in [-0.3, -0.25) is 0 Å². The van der Waals surface area contributed by atoms with Crippen LogP contribution in [-0.2, 0) is 0 Å². The smallest absolute Gasteiger partial charge is 0.0131 e. The van der Waals surface area contributed by atoms with Crippen molar-refractivity contribution in [3.63, 3.8) is 0 Å². The van der Waals surface area contributed by atoms with Crippen LogP contribution in [0.3, 0.4) is 0 Å². The van der Waals surface area contributed by atoms with Crippen LogP contribution in [0.15, 0.2) is 30.3 Å². The molecule has 1 aromatic rings. The summed E-state index contributed by atoms with van der Waals surface area (Å²) in [5.74, 6) is 1.45. The molecule has 1 aliphatic rings. The molecule has 0 amide bonds. The highest BCUT2D eigenvalue weighted by Crippen LogP contribution is 2.46. The van der Waals surface area contributed by atoms with E-state index in [1.54, 1.807) is 0 Å². The lowest BCUT2D eigenvalue weighted by molar-refractivity contribution is 1.01. The molecule has 1 fully saturated rings. The van der Waals surface area contributed by atoms with E-state index in [-0.39, 0.29) is 0 Å². The molecule has 1 saturated carbocycles. The Morgan fingerprint density at radius 1 is 1.20 bits per heavy atom. The minimum Gasteiger partial charge on any atom is -0.0622 e. The van der Waals surface area contributed by atoms with Crippen molar-refractivity contribution in [2.45, 2.75) is 12.3 Å². The molecule has 2 unspecified atom stereocenters. The molecule has 0 spiro atoms. The van der Waals surface area contributed by atoms with E-state index in [2.05, 4.69) is 37.3 Å². The maximum Gasteiger partial charge on any atom is -0.0131 e. The van der Waals surface area contributed by atoms with Crippen LogP contribution in [0.4, 0.5) is 0 Å². The van der Waals surface area contributed by atoms with Crippen molar-refractivity contribution in [1.29, 1.82) is 0 Å². The summed E-state index contributed by atoms with van der Waals surface area (Å²) in [6.07, 6.45) is 1.28. The third kappa shape index (κ3) is 0.942. The largest absolute Gasteiger partial charge is 0.0622 e. The summed E-state index contributed by atoms with van der Waals surface area (Å²) >= 11 is 0. The predicted molar refractivity (Wildman–Crippen MR) is 42.6 cm³/mol. The standard InChI is InChI=1S/C10H11/c1-8-7-10(8)9-5-3-2-4-6-9/h2-6,8,10H,1,7H2. The van der Waals surface area contributed by atoms with Crippen LogP contribution < -0.4 is 0 Å². The van der Waals surface area contributed by atoms with Gasteiger partial charge in [0.1, 0.15) is 0 Å². The van der Waals surface area contributed by atoms with Gasteiger partial charge in [-0.15, -0.1) is 0 Å². The second kappa shape index (κ2) is 2.12. The molecular weight excluding hydrogens is 120 g/mol. The highest BCUT2D eigenvalue weighted by Gasteiger charge is 2.33. The van der Waals surface area contributed by atoms with Crippen LogP contribution in [-0.4, -0.2) is 0 Å². The Hall–Kier alpha value is -0.780. The highest BCUT2D eigenvalue weighted by molar-refractivity contribution is 5.25. The Bertz CT molecular complexity index is 213. The summed E-state index contributed by atoms with van der Waals surface area (Å²) in [5.41, 5.74) is 1.46. The first-order valence-corrected chi connectivity index (χ1v) is 3.76. The molecule has 0 bridgehead atoms. The Labute approximate surface area is 61.9 Å². The lowest BCUT2D eigenvalue weighted by Crippen LogP contribution is -1.77. The van der Waals surface area contributed by atoms with Crippen LogP contribution in [0.25, 0.3) is 0 Å². The molecule has 0 aliphatic heterocycles. The van der Waals surface area contributed by atoms with Gasteiger partial charge in [-0.1, -0.05) is 30.3 Å². The van der Waals surface area contributed by atoms with E-state index in [4.69, 9.17) is 0 Å². The van der Waals surface area contributed by atoms with Crippen molar-refractivity contribution in [2.75, 3.05) is 0 Å². The fourth-order valence-electron chi connectivity index (χ4n) is 1.36. The summed E-state index contributed by atoms with van der Waals surface area (Å²) < 4.78 is 0. The molecule has 1 aliphatic carbocycles. The van der Waals surface area contributed by atoms with Gasteiger partial charge in [0, 0.05) is 0 Å². The molecule has 0 saturated heterocycles. The maximum absolute atomic E-state index is 4.01. The molecule has 0 N–H and O–H groups in total. The fourth-order valence-corrected chi connectivity index (χ4v) is 1.36. The molecule has 0 heteroatoms. The van der Waals surface area contributed by atoms with Crippen LogP contribution >= 0.6 is 0 Å². The van der Waals surface area contributed by atoms with Gasteiger partial charge >= 0.3 is 0 Å². The lowest BCUT2D eigenvalue weighted by atomic mass is 10.1. The normalized spacial score (nSPS) is 30.1. The summed E-state index contributed by atoms with van der Waals surface area (Å²) in [6.45, 7) is 4.01. The van der Waals surface area contributed by atoms with Crippen LogP contribution in [0, 0.1) is 12.8 Å². The molecule has 0 heterocycles. The highest BCUT2D eigenvalue weighted by atomic mass is 14.4. The van der Waals surface area contributed by atoms with Crippen molar-refractivity contribution < 1.29 is 0 Å². The third-order valence-electron chi connectivity index (χ3n) is 2.15. The van der Waals surface area contributed by atoms with Crippen molar-refractivity contribution in [1.82, 2.24) is 0 Å². The first-order chi connectivity index (χ1) is 4.88. The van der Waals surface area contributed by atoms with Crippen molar-refractivity contribution in [2.24, 2.45) is 5.92 Å². The first-order valence-electron chi connectivity index (χ1n) is 3.76. The lowest BCUT2D eigenvalue weighted by Gasteiger charge is -1.94. The Morgan fingerprint density at radius 3 is 2.30 bits per heavy atom. The number of rotatable bonds is 1. The third-order valence-corrected chi connectivity index (χ3v) is 2.15. The molecule has 51 valence electrons. The van der Waals surface area contributed by atoms with Gasteiger partial charge in [-0.05, 0) is 30.7 Å². The SMILES string of the molecule is [CH2]C1CC1c1ccccc1. The average Bonchev–Trinajstić information content (AvgIpc) is 2.69. The second-order valence-corrected chi connectivity index (χ2v) is 3.01. The van der Waals surface area contributed by atoms with Crippen molar-refractivity contribution in [3.05, 3.63) is 42.8 Å². The van der Waals surface area contributed by atoms with E-state index in [0.717, 1.165) is 5.92 Å². The van der Waals surface area contributed by atoms with E-state index < -0.39 is 0 Å².